The van der Waals surface area contributed by atoms with Crippen LogP contribution >= 0.6 is 34.7 Å². The molecule has 2 heterocycles. The Morgan fingerprint density at radius 1 is 1.19 bits per heavy atom. The number of halogens is 1. The summed E-state index contributed by atoms with van der Waals surface area (Å²) in [6, 6.07) is 6.45. The van der Waals surface area contributed by atoms with Crippen molar-refractivity contribution in [1.82, 2.24) is 9.97 Å². The van der Waals surface area contributed by atoms with Crippen LogP contribution in [0.3, 0.4) is 0 Å². The molecule has 3 rings (SSSR count). The number of ether oxygens (including phenoxy) is 1. The summed E-state index contributed by atoms with van der Waals surface area (Å²) >= 11 is 8.68. The number of hydrogen-bond acceptors (Lipinski definition) is 7. The lowest BCUT2D eigenvalue weighted by molar-refractivity contribution is -0.139. The molecule has 0 amide bonds. The van der Waals surface area contributed by atoms with Crippen LogP contribution in [0.15, 0.2) is 35.6 Å². The van der Waals surface area contributed by atoms with Gasteiger partial charge in [0.05, 0.1) is 5.75 Å². The predicted molar refractivity (Wildman–Crippen MR) is 104 cm³/mol. The molecule has 0 bridgehead atoms. The summed E-state index contributed by atoms with van der Waals surface area (Å²) in [5, 5.41) is 2.27. The average Bonchev–Trinajstić information content (AvgIpc) is 2.93. The van der Waals surface area contributed by atoms with E-state index in [1.54, 1.807) is 35.6 Å². The first kappa shape index (κ1) is 18.8. The first-order chi connectivity index (χ1) is 12.5. The van der Waals surface area contributed by atoms with Gasteiger partial charge in [-0.3, -0.25) is 9.59 Å². The molecule has 0 fully saturated rings. The highest BCUT2D eigenvalue weighted by Gasteiger charge is 2.15. The van der Waals surface area contributed by atoms with Gasteiger partial charge in [-0.1, -0.05) is 23.4 Å². The van der Waals surface area contributed by atoms with Crippen LogP contribution in [-0.4, -0.2) is 34.1 Å². The Bertz CT molecular complexity index is 970. The number of nitrogens with zero attached hydrogens (tertiary/aromatic N) is 2. The number of hydrogen-bond donors (Lipinski definition) is 0. The number of thioether (sulfide) groups is 1. The van der Waals surface area contributed by atoms with E-state index in [1.807, 2.05) is 13.8 Å². The van der Waals surface area contributed by atoms with Crippen LogP contribution in [-0.2, 0) is 9.53 Å². The molecule has 26 heavy (non-hydrogen) atoms. The monoisotopic (exact) mass is 406 g/mol. The van der Waals surface area contributed by atoms with Gasteiger partial charge in [0.25, 0.3) is 0 Å². The quantitative estimate of drug-likeness (QED) is 0.260. The van der Waals surface area contributed by atoms with Crippen molar-refractivity contribution in [2.75, 3.05) is 12.4 Å². The molecule has 0 unspecified atom stereocenters. The summed E-state index contributed by atoms with van der Waals surface area (Å²) in [5.74, 6) is -0.656. The Morgan fingerprint density at radius 3 is 2.65 bits per heavy atom. The SMILES string of the molecule is Cc1sc2ncnc(SCC(=O)OCC(=O)c3ccc(Cl)cc3)c2c1C. The molecule has 0 atom stereocenters. The van der Waals surface area contributed by atoms with Crippen molar-refractivity contribution < 1.29 is 14.3 Å². The summed E-state index contributed by atoms with van der Waals surface area (Å²) in [7, 11) is 0. The van der Waals surface area contributed by atoms with E-state index in [2.05, 4.69) is 9.97 Å². The maximum atomic E-state index is 12.0. The van der Waals surface area contributed by atoms with Gasteiger partial charge in [0.1, 0.15) is 16.2 Å². The van der Waals surface area contributed by atoms with Crippen LogP contribution in [0.4, 0.5) is 0 Å². The van der Waals surface area contributed by atoms with Gasteiger partial charge in [-0.05, 0) is 43.7 Å². The van der Waals surface area contributed by atoms with E-state index in [0.717, 1.165) is 20.8 Å². The lowest BCUT2D eigenvalue weighted by atomic mass is 10.1. The van der Waals surface area contributed by atoms with Gasteiger partial charge < -0.3 is 4.74 Å². The van der Waals surface area contributed by atoms with E-state index >= 15 is 0 Å². The molecule has 8 heteroatoms. The lowest BCUT2D eigenvalue weighted by Gasteiger charge is -2.05. The highest BCUT2D eigenvalue weighted by Crippen LogP contribution is 2.34. The van der Waals surface area contributed by atoms with Crippen LogP contribution < -0.4 is 0 Å². The fourth-order valence-electron chi connectivity index (χ4n) is 2.29. The summed E-state index contributed by atoms with van der Waals surface area (Å²) in [6.07, 6.45) is 1.50. The van der Waals surface area contributed by atoms with Crippen molar-refractivity contribution in [3.8, 4) is 0 Å². The Hall–Kier alpha value is -1.96. The van der Waals surface area contributed by atoms with Gasteiger partial charge >= 0.3 is 5.97 Å². The van der Waals surface area contributed by atoms with E-state index in [-0.39, 0.29) is 18.1 Å². The van der Waals surface area contributed by atoms with Gasteiger partial charge in [-0.15, -0.1) is 11.3 Å². The molecule has 3 aromatic rings. The molecule has 0 radical (unpaired) electrons. The molecule has 2 aromatic heterocycles. The number of thiophene rings is 1. The van der Waals surface area contributed by atoms with E-state index in [0.29, 0.717) is 10.6 Å². The molecule has 0 aliphatic carbocycles. The number of Topliss-reactive ketones (excluding diaryl/α,β-unsaturated/α-hetero) is 1. The molecule has 0 aliphatic rings. The highest BCUT2D eigenvalue weighted by molar-refractivity contribution is 8.00. The van der Waals surface area contributed by atoms with Crippen molar-refractivity contribution in [2.24, 2.45) is 0 Å². The van der Waals surface area contributed by atoms with Crippen molar-refractivity contribution in [3.05, 3.63) is 51.6 Å². The molecule has 0 aliphatic heterocycles. The Morgan fingerprint density at radius 2 is 1.92 bits per heavy atom. The molecule has 0 saturated carbocycles. The fourth-order valence-corrected chi connectivity index (χ4v) is 4.33. The Kier molecular flexibility index (Phi) is 5.90. The Labute approximate surface area is 163 Å². The standard InChI is InChI=1S/C18H15ClN2O3S2/c1-10-11(2)26-18-16(10)17(20-9-21-18)25-8-15(23)24-7-14(22)12-3-5-13(19)6-4-12/h3-6,9H,7-8H2,1-2H3. The summed E-state index contributed by atoms with van der Waals surface area (Å²) in [6.45, 7) is 3.76. The maximum absolute atomic E-state index is 12.0. The normalized spacial score (nSPS) is 10.9. The second-order valence-electron chi connectivity index (χ2n) is 5.52. The third-order valence-electron chi connectivity index (χ3n) is 3.79. The zero-order valence-electron chi connectivity index (χ0n) is 14.1. The number of fused-ring (bicyclic) bond motifs is 1. The number of rotatable bonds is 6. The first-order valence-electron chi connectivity index (χ1n) is 7.73. The molecule has 1 aromatic carbocycles. The van der Waals surface area contributed by atoms with Gasteiger partial charge in [0, 0.05) is 20.8 Å². The molecule has 0 saturated heterocycles. The van der Waals surface area contributed by atoms with Crippen molar-refractivity contribution in [2.45, 2.75) is 18.9 Å². The minimum atomic E-state index is -0.464. The average molecular weight is 407 g/mol. The number of benzene rings is 1. The van der Waals surface area contributed by atoms with Crippen molar-refractivity contribution in [1.29, 1.82) is 0 Å². The minimum absolute atomic E-state index is 0.0777. The number of ketones is 1. The summed E-state index contributed by atoms with van der Waals surface area (Å²) in [5.41, 5.74) is 1.58. The van der Waals surface area contributed by atoms with Crippen molar-refractivity contribution in [3.63, 3.8) is 0 Å². The van der Waals surface area contributed by atoms with Gasteiger partial charge in [-0.2, -0.15) is 0 Å². The number of aryl methyl sites for hydroxylation is 2. The van der Waals surface area contributed by atoms with Gasteiger partial charge in [0.15, 0.2) is 12.4 Å². The zero-order valence-corrected chi connectivity index (χ0v) is 16.5. The minimum Gasteiger partial charge on any atom is -0.457 e. The number of esters is 1. The van der Waals surface area contributed by atoms with E-state index in [9.17, 15) is 9.59 Å². The summed E-state index contributed by atoms with van der Waals surface area (Å²) in [4.78, 5) is 34.6. The van der Waals surface area contributed by atoms with Crippen LogP contribution in [0.5, 0.6) is 0 Å². The van der Waals surface area contributed by atoms with E-state index in [4.69, 9.17) is 16.3 Å². The Balaban J connectivity index is 1.58. The maximum Gasteiger partial charge on any atom is 0.316 e. The van der Waals surface area contributed by atoms with Crippen LogP contribution in [0.2, 0.25) is 5.02 Å². The highest BCUT2D eigenvalue weighted by atomic mass is 35.5. The van der Waals surface area contributed by atoms with E-state index < -0.39 is 5.97 Å². The molecule has 0 spiro atoms. The third-order valence-corrected chi connectivity index (χ3v) is 6.12. The van der Waals surface area contributed by atoms with Gasteiger partial charge in [-0.25, -0.2) is 9.97 Å². The van der Waals surface area contributed by atoms with E-state index in [1.165, 1.54) is 23.0 Å². The number of aromatic nitrogens is 2. The molecular formula is C18H15ClN2O3S2. The molecule has 0 N–H and O–H groups in total. The number of carbonyl (C=O) groups excluding carboxylic acids is 2. The summed E-state index contributed by atoms with van der Waals surface area (Å²) < 4.78 is 5.07. The van der Waals surface area contributed by atoms with Gasteiger partial charge in [0.2, 0.25) is 0 Å². The first-order valence-corrected chi connectivity index (χ1v) is 9.91. The topological polar surface area (TPSA) is 69.2 Å². The van der Waals surface area contributed by atoms with Crippen LogP contribution in [0, 0.1) is 13.8 Å². The van der Waals surface area contributed by atoms with Crippen LogP contribution in [0.25, 0.3) is 10.2 Å². The second kappa shape index (κ2) is 8.16. The largest absolute Gasteiger partial charge is 0.457 e. The fraction of sp³-hybridized carbons (Fsp3) is 0.222. The van der Waals surface area contributed by atoms with Crippen LogP contribution in [0.1, 0.15) is 20.8 Å². The molecular weight excluding hydrogens is 392 g/mol. The third kappa shape index (κ3) is 4.23. The zero-order chi connectivity index (χ0) is 18.7. The smallest absolute Gasteiger partial charge is 0.316 e. The lowest BCUT2D eigenvalue weighted by Crippen LogP contribution is -2.15. The second-order valence-corrected chi connectivity index (χ2v) is 8.13. The number of carbonyl (C=O) groups is 2. The molecule has 5 nitrogen and oxygen atoms in total. The van der Waals surface area contributed by atoms with Crippen molar-refractivity contribution >= 4 is 56.7 Å². The predicted octanol–water partition coefficient (Wildman–Crippen LogP) is 4.48. The molecule has 134 valence electrons.